The smallest absolute Gasteiger partial charge is 0.255 e. The van der Waals surface area contributed by atoms with Gasteiger partial charge in [0.15, 0.2) is 5.75 Å². The van der Waals surface area contributed by atoms with Crippen LogP contribution in [0.3, 0.4) is 0 Å². The number of halogens is 1. The summed E-state index contributed by atoms with van der Waals surface area (Å²) in [5.41, 5.74) is 4.47. The molecule has 6 rings (SSSR count). The van der Waals surface area contributed by atoms with E-state index in [1.165, 1.54) is 0 Å². The summed E-state index contributed by atoms with van der Waals surface area (Å²) in [4.78, 5) is 23.7. The van der Waals surface area contributed by atoms with Gasteiger partial charge in [-0.15, -0.1) is 0 Å². The number of ether oxygens (including phenoxy) is 3. The summed E-state index contributed by atoms with van der Waals surface area (Å²) >= 11 is 6.43. The Morgan fingerprint density at radius 2 is 2.18 bits per heavy atom. The second-order valence-corrected chi connectivity index (χ2v) is 10.6. The molecule has 10 heteroatoms. The first-order valence-electron chi connectivity index (χ1n) is 13.1. The molecule has 1 aromatic carbocycles. The summed E-state index contributed by atoms with van der Waals surface area (Å²) in [5.74, 6) is 1.27. The molecule has 2 aromatic heterocycles. The number of methoxy groups -OCH3 is 1. The minimum atomic E-state index is -0.0932. The summed E-state index contributed by atoms with van der Waals surface area (Å²) in [6.07, 6.45) is 6.49. The molecule has 3 aliphatic rings. The maximum absolute atomic E-state index is 13.5. The molecule has 3 atom stereocenters. The Morgan fingerprint density at radius 3 is 3.03 bits per heavy atom. The first-order valence-corrected chi connectivity index (χ1v) is 13.4. The zero-order chi connectivity index (χ0) is 26.2. The third-order valence-electron chi connectivity index (χ3n) is 7.71. The summed E-state index contributed by atoms with van der Waals surface area (Å²) in [6, 6.07) is 7.55. The van der Waals surface area contributed by atoms with Crippen LogP contribution in [0.15, 0.2) is 36.7 Å². The summed E-state index contributed by atoms with van der Waals surface area (Å²) in [5, 5.41) is 7.19. The Kier molecular flexibility index (Phi) is 6.90. The van der Waals surface area contributed by atoms with E-state index in [4.69, 9.17) is 25.8 Å². The highest BCUT2D eigenvalue weighted by Crippen LogP contribution is 2.48. The van der Waals surface area contributed by atoms with Crippen LogP contribution < -0.4 is 20.1 Å². The fourth-order valence-corrected chi connectivity index (χ4v) is 6.13. The van der Waals surface area contributed by atoms with Crippen LogP contribution in [0, 0.1) is 0 Å². The Bertz CT molecular complexity index is 1340. The van der Waals surface area contributed by atoms with Gasteiger partial charge in [-0.3, -0.25) is 9.78 Å². The number of nitrogens with zero attached hydrogens (tertiary/aromatic N) is 2. The Balaban J connectivity index is 1.43. The van der Waals surface area contributed by atoms with E-state index >= 15 is 0 Å². The molecule has 38 heavy (non-hydrogen) atoms. The molecule has 0 spiro atoms. The molecule has 1 amide bonds. The maximum atomic E-state index is 13.5. The minimum absolute atomic E-state index is 0.0306. The number of carbonyl (C=O) groups is 1. The van der Waals surface area contributed by atoms with Gasteiger partial charge in [0.25, 0.3) is 5.91 Å². The quantitative estimate of drug-likeness (QED) is 0.406. The van der Waals surface area contributed by atoms with E-state index in [0.29, 0.717) is 46.7 Å². The third-order valence-corrected chi connectivity index (χ3v) is 8.01. The molecule has 1 saturated heterocycles. The van der Waals surface area contributed by atoms with Gasteiger partial charge in [0, 0.05) is 42.5 Å². The first kappa shape index (κ1) is 25.0. The van der Waals surface area contributed by atoms with Gasteiger partial charge in [0.05, 0.1) is 47.6 Å². The van der Waals surface area contributed by atoms with Crippen LogP contribution in [-0.4, -0.2) is 73.4 Å². The Labute approximate surface area is 226 Å². The second kappa shape index (κ2) is 10.5. The number of para-hydroxylation sites is 1. The summed E-state index contributed by atoms with van der Waals surface area (Å²) in [7, 11) is 3.66. The standard InChI is InChI=1S/C28H32ClN5O4/c1-34-11-12-37-16(14-34)15-38-22-13-30-10-9-18(22)25-26(31-21-8-4-6-19(29)27(21)36-2)23-24(33-25)17-5-3-7-20(17)32-28(23)35/h4,6,8-10,13,16-17,20,31,33H,3,5,7,11-12,14-15H2,1-2H3,(H,32,35)/t16-,17?,20?/m0/s1. The number of pyridine rings is 1. The number of aromatic amines is 1. The molecule has 0 bridgehead atoms. The average molecular weight is 538 g/mol. The van der Waals surface area contributed by atoms with Crippen LogP contribution in [0.4, 0.5) is 11.4 Å². The van der Waals surface area contributed by atoms with Crippen molar-refractivity contribution in [3.63, 3.8) is 0 Å². The van der Waals surface area contributed by atoms with Gasteiger partial charge < -0.3 is 34.7 Å². The number of benzene rings is 1. The van der Waals surface area contributed by atoms with E-state index in [9.17, 15) is 4.79 Å². The highest BCUT2D eigenvalue weighted by atomic mass is 35.5. The van der Waals surface area contributed by atoms with Gasteiger partial charge in [-0.1, -0.05) is 24.1 Å². The number of carbonyl (C=O) groups excluding carboxylic acids is 1. The monoisotopic (exact) mass is 537 g/mol. The van der Waals surface area contributed by atoms with Crippen molar-refractivity contribution in [1.82, 2.24) is 20.2 Å². The molecule has 1 aliphatic carbocycles. The topological polar surface area (TPSA) is 101 Å². The van der Waals surface area contributed by atoms with E-state index in [0.717, 1.165) is 49.3 Å². The fourth-order valence-electron chi connectivity index (χ4n) is 5.88. The van der Waals surface area contributed by atoms with Crippen molar-refractivity contribution < 1.29 is 19.0 Å². The van der Waals surface area contributed by atoms with Crippen molar-refractivity contribution in [2.24, 2.45) is 0 Å². The van der Waals surface area contributed by atoms with E-state index in [1.807, 2.05) is 18.2 Å². The molecule has 2 unspecified atom stereocenters. The van der Waals surface area contributed by atoms with Crippen LogP contribution in [-0.2, 0) is 4.74 Å². The molecule has 3 N–H and O–H groups in total. The van der Waals surface area contributed by atoms with E-state index in [2.05, 4.69) is 32.5 Å². The van der Waals surface area contributed by atoms with Crippen molar-refractivity contribution >= 4 is 28.9 Å². The number of morpholine rings is 1. The molecule has 0 radical (unpaired) electrons. The zero-order valence-electron chi connectivity index (χ0n) is 21.6. The fraction of sp³-hybridized carbons (Fsp3) is 0.429. The molecular weight excluding hydrogens is 506 g/mol. The van der Waals surface area contributed by atoms with Crippen LogP contribution in [0.2, 0.25) is 5.02 Å². The van der Waals surface area contributed by atoms with Gasteiger partial charge in [-0.25, -0.2) is 0 Å². The average Bonchev–Trinajstić information content (AvgIpc) is 3.53. The van der Waals surface area contributed by atoms with Crippen molar-refractivity contribution in [1.29, 1.82) is 0 Å². The SMILES string of the molecule is COc1c(Cl)cccc1Nc1c(-c2ccncc2OC[C@@H]2CN(C)CCO2)[nH]c2c1C(=O)NC1CCCC21. The zero-order valence-corrected chi connectivity index (χ0v) is 22.3. The van der Waals surface area contributed by atoms with E-state index in [-0.39, 0.29) is 24.0 Å². The number of fused-ring (bicyclic) bond motifs is 3. The van der Waals surface area contributed by atoms with Gasteiger partial charge in [0.2, 0.25) is 0 Å². The van der Waals surface area contributed by atoms with Gasteiger partial charge >= 0.3 is 0 Å². The van der Waals surface area contributed by atoms with Gasteiger partial charge in [-0.05, 0) is 38.1 Å². The van der Waals surface area contributed by atoms with Crippen LogP contribution in [0.25, 0.3) is 11.3 Å². The molecule has 2 fully saturated rings. The number of hydrogen-bond acceptors (Lipinski definition) is 7. The first-order chi connectivity index (χ1) is 18.5. The molecule has 1 saturated carbocycles. The lowest BCUT2D eigenvalue weighted by Gasteiger charge is -2.30. The number of amides is 1. The second-order valence-electron chi connectivity index (χ2n) is 10.2. The predicted octanol–water partition coefficient (Wildman–Crippen LogP) is 4.57. The van der Waals surface area contributed by atoms with E-state index in [1.54, 1.807) is 25.6 Å². The molecule has 2 aliphatic heterocycles. The molecule has 9 nitrogen and oxygen atoms in total. The number of likely N-dealkylation sites (N-methyl/N-ethyl adjacent to an activating group) is 1. The van der Waals surface area contributed by atoms with Crippen LogP contribution in [0.1, 0.15) is 41.2 Å². The lowest BCUT2D eigenvalue weighted by molar-refractivity contribution is -0.0403. The highest BCUT2D eigenvalue weighted by molar-refractivity contribution is 6.32. The number of aromatic nitrogens is 2. The third kappa shape index (κ3) is 4.59. The highest BCUT2D eigenvalue weighted by Gasteiger charge is 2.41. The largest absolute Gasteiger partial charge is 0.493 e. The van der Waals surface area contributed by atoms with E-state index < -0.39 is 0 Å². The molecule has 200 valence electrons. The van der Waals surface area contributed by atoms with Crippen molar-refractivity contribution in [3.05, 3.63) is 52.9 Å². The van der Waals surface area contributed by atoms with Crippen molar-refractivity contribution in [2.45, 2.75) is 37.3 Å². The molecule has 3 aromatic rings. The number of nitrogens with one attached hydrogen (secondary N) is 3. The number of rotatable bonds is 7. The van der Waals surface area contributed by atoms with Gasteiger partial charge in [-0.2, -0.15) is 0 Å². The normalized spacial score (nSPS) is 22.9. The van der Waals surface area contributed by atoms with Crippen LogP contribution >= 0.6 is 11.6 Å². The number of anilines is 2. The van der Waals surface area contributed by atoms with Crippen LogP contribution in [0.5, 0.6) is 11.5 Å². The Hall–Kier alpha value is -3.27. The minimum Gasteiger partial charge on any atom is -0.493 e. The summed E-state index contributed by atoms with van der Waals surface area (Å²) < 4.78 is 17.8. The van der Waals surface area contributed by atoms with Crippen molar-refractivity contribution in [2.75, 3.05) is 45.8 Å². The van der Waals surface area contributed by atoms with Crippen molar-refractivity contribution in [3.8, 4) is 22.8 Å². The number of H-pyrrole nitrogens is 1. The summed E-state index contributed by atoms with van der Waals surface area (Å²) in [6.45, 7) is 2.80. The maximum Gasteiger partial charge on any atom is 0.255 e. The lowest BCUT2D eigenvalue weighted by Crippen LogP contribution is -2.42. The van der Waals surface area contributed by atoms with Gasteiger partial charge in [0.1, 0.15) is 18.5 Å². The number of hydrogen-bond donors (Lipinski definition) is 3. The lowest BCUT2D eigenvalue weighted by atomic mass is 9.91. The Morgan fingerprint density at radius 1 is 1.29 bits per heavy atom. The molecular formula is C28H32ClN5O4. The molecule has 4 heterocycles. The predicted molar refractivity (Wildman–Crippen MR) is 146 cm³/mol.